The minimum absolute atomic E-state index is 0.112. The molecule has 3 nitrogen and oxygen atoms in total. The highest BCUT2D eigenvalue weighted by Gasteiger charge is 2.25. The van der Waals surface area contributed by atoms with E-state index in [9.17, 15) is 4.79 Å². The lowest BCUT2D eigenvalue weighted by Crippen LogP contribution is -2.30. The number of amides is 1. The van der Waals surface area contributed by atoms with Crippen molar-refractivity contribution in [2.45, 2.75) is 18.9 Å². The van der Waals surface area contributed by atoms with Crippen LogP contribution in [0, 0.1) is 0 Å². The van der Waals surface area contributed by atoms with Gasteiger partial charge >= 0.3 is 0 Å². The number of hydrogen-bond donors (Lipinski definition) is 0. The summed E-state index contributed by atoms with van der Waals surface area (Å²) < 4.78 is 0. The first-order valence-electron chi connectivity index (χ1n) is 3.97. The van der Waals surface area contributed by atoms with Crippen LogP contribution in [0.2, 0.25) is 0 Å². The van der Waals surface area contributed by atoms with Crippen LogP contribution in [0.1, 0.15) is 13.3 Å². The maximum atomic E-state index is 11.3. The molecule has 1 heterocycles. The molecule has 1 aliphatic rings. The van der Waals surface area contributed by atoms with Crippen molar-refractivity contribution < 1.29 is 4.79 Å². The first-order chi connectivity index (χ1) is 5.53. The van der Waals surface area contributed by atoms with E-state index >= 15 is 0 Å². The van der Waals surface area contributed by atoms with Gasteiger partial charge in [0.2, 0.25) is 5.91 Å². The molecule has 0 saturated carbocycles. The van der Waals surface area contributed by atoms with Gasteiger partial charge in [-0.25, -0.2) is 0 Å². The minimum Gasteiger partial charge on any atom is -0.349 e. The maximum Gasteiger partial charge on any atom is 0.224 e. The van der Waals surface area contributed by atoms with Crippen molar-refractivity contribution in [1.29, 1.82) is 0 Å². The summed E-state index contributed by atoms with van der Waals surface area (Å²) >= 11 is 0. The van der Waals surface area contributed by atoms with Gasteiger partial charge in [-0.15, -0.1) is 0 Å². The molecule has 3 heteroatoms. The molecule has 0 saturated heterocycles. The van der Waals surface area contributed by atoms with Gasteiger partial charge in [0.05, 0.1) is 12.0 Å². The third-order valence-corrected chi connectivity index (χ3v) is 1.92. The number of aliphatic imine (C=N–C) groups is 1. The Morgan fingerprint density at radius 3 is 2.67 bits per heavy atom. The first kappa shape index (κ1) is 8.97. The average molecular weight is 166 g/mol. The average Bonchev–Trinajstić information content (AvgIpc) is 2.35. The highest BCUT2D eigenvalue weighted by Crippen LogP contribution is 2.20. The third-order valence-electron chi connectivity index (χ3n) is 1.92. The van der Waals surface area contributed by atoms with Crippen LogP contribution in [0.25, 0.3) is 0 Å². The Balaban J connectivity index is 2.57. The van der Waals surface area contributed by atoms with Gasteiger partial charge in [0.15, 0.2) is 0 Å². The van der Waals surface area contributed by atoms with Crippen LogP contribution in [0.5, 0.6) is 0 Å². The van der Waals surface area contributed by atoms with E-state index < -0.39 is 0 Å². The van der Waals surface area contributed by atoms with Gasteiger partial charge in [0, 0.05) is 20.3 Å². The monoisotopic (exact) mass is 166 g/mol. The SMILES string of the molecule is CN(C)C(=O)CC1(C)C=CC=N1. The van der Waals surface area contributed by atoms with Crippen LogP contribution in [-0.2, 0) is 4.79 Å². The molecule has 0 fully saturated rings. The molecule has 0 bridgehead atoms. The number of hydrogen-bond acceptors (Lipinski definition) is 2. The second-order valence-electron chi connectivity index (χ2n) is 3.46. The van der Waals surface area contributed by atoms with Crippen LogP contribution in [0.3, 0.4) is 0 Å². The van der Waals surface area contributed by atoms with Crippen molar-refractivity contribution in [2.75, 3.05) is 14.1 Å². The number of carbonyl (C=O) groups excluding carboxylic acids is 1. The summed E-state index contributed by atoms with van der Waals surface area (Å²) in [4.78, 5) is 17.1. The van der Waals surface area contributed by atoms with E-state index in [0.29, 0.717) is 6.42 Å². The van der Waals surface area contributed by atoms with Crippen molar-refractivity contribution in [1.82, 2.24) is 4.90 Å². The summed E-state index contributed by atoms with van der Waals surface area (Å²) in [6.07, 6.45) is 6.02. The van der Waals surface area contributed by atoms with E-state index in [1.165, 1.54) is 0 Å². The summed E-state index contributed by atoms with van der Waals surface area (Å²) in [6, 6.07) is 0. The fourth-order valence-electron chi connectivity index (χ4n) is 1.08. The Kier molecular flexibility index (Phi) is 2.31. The molecular weight excluding hydrogens is 152 g/mol. The molecule has 0 aromatic heterocycles. The van der Waals surface area contributed by atoms with Gasteiger partial charge in [-0.1, -0.05) is 6.08 Å². The largest absolute Gasteiger partial charge is 0.349 e. The highest BCUT2D eigenvalue weighted by atomic mass is 16.2. The van der Waals surface area contributed by atoms with Crippen LogP contribution in [0.15, 0.2) is 17.1 Å². The molecule has 1 amide bonds. The molecule has 66 valence electrons. The van der Waals surface area contributed by atoms with Gasteiger partial charge in [0.1, 0.15) is 0 Å². The summed E-state index contributed by atoms with van der Waals surface area (Å²) in [5.41, 5.74) is -0.304. The lowest BCUT2D eigenvalue weighted by Gasteiger charge is -2.20. The highest BCUT2D eigenvalue weighted by molar-refractivity contribution is 5.81. The van der Waals surface area contributed by atoms with Crippen molar-refractivity contribution >= 4 is 12.1 Å². The predicted molar refractivity (Wildman–Crippen MR) is 49.3 cm³/mol. The van der Waals surface area contributed by atoms with Crippen LogP contribution >= 0.6 is 0 Å². The van der Waals surface area contributed by atoms with Gasteiger partial charge in [0.25, 0.3) is 0 Å². The Morgan fingerprint density at radius 2 is 2.25 bits per heavy atom. The predicted octanol–water partition coefficient (Wildman–Crippen LogP) is 0.864. The van der Waals surface area contributed by atoms with Crippen molar-refractivity contribution in [2.24, 2.45) is 4.99 Å². The van der Waals surface area contributed by atoms with Gasteiger partial charge < -0.3 is 4.90 Å². The topological polar surface area (TPSA) is 32.7 Å². The molecule has 0 N–H and O–H groups in total. The number of carbonyl (C=O) groups is 1. The normalized spacial score (nSPS) is 26.2. The molecule has 0 radical (unpaired) electrons. The molecule has 12 heavy (non-hydrogen) atoms. The fourth-order valence-corrected chi connectivity index (χ4v) is 1.08. The number of allylic oxidation sites excluding steroid dienone is 1. The first-order valence-corrected chi connectivity index (χ1v) is 3.97. The second-order valence-corrected chi connectivity index (χ2v) is 3.46. The zero-order valence-corrected chi connectivity index (χ0v) is 7.74. The standard InChI is InChI=1S/C9H14N2O/c1-9(5-4-6-10-9)7-8(12)11(2)3/h4-6H,7H2,1-3H3. The van der Waals surface area contributed by atoms with Crippen LogP contribution in [0.4, 0.5) is 0 Å². The molecule has 0 aromatic rings. The van der Waals surface area contributed by atoms with Crippen molar-refractivity contribution in [3.8, 4) is 0 Å². The molecule has 1 aliphatic heterocycles. The summed E-state index contributed by atoms with van der Waals surface area (Å²) in [7, 11) is 3.52. The zero-order valence-electron chi connectivity index (χ0n) is 7.74. The molecule has 1 atom stereocenters. The molecule has 0 spiro atoms. The second kappa shape index (κ2) is 3.09. The lowest BCUT2D eigenvalue weighted by molar-refractivity contribution is -0.129. The van der Waals surface area contributed by atoms with E-state index in [1.807, 2.05) is 19.1 Å². The molecule has 0 aliphatic carbocycles. The van der Waals surface area contributed by atoms with Gasteiger partial charge in [-0.3, -0.25) is 9.79 Å². The summed E-state index contributed by atoms with van der Waals surface area (Å²) in [5.74, 6) is 0.112. The third kappa shape index (κ3) is 1.94. The van der Waals surface area contributed by atoms with E-state index in [2.05, 4.69) is 4.99 Å². The van der Waals surface area contributed by atoms with E-state index in [-0.39, 0.29) is 11.4 Å². The van der Waals surface area contributed by atoms with E-state index in [4.69, 9.17) is 0 Å². The van der Waals surface area contributed by atoms with Crippen molar-refractivity contribution in [3.63, 3.8) is 0 Å². The lowest BCUT2D eigenvalue weighted by atomic mass is 9.99. The van der Waals surface area contributed by atoms with E-state index in [1.54, 1.807) is 25.2 Å². The smallest absolute Gasteiger partial charge is 0.224 e. The molecular formula is C9H14N2O. The Labute approximate surface area is 72.8 Å². The Bertz CT molecular complexity index is 229. The minimum atomic E-state index is -0.304. The van der Waals surface area contributed by atoms with Gasteiger partial charge in [-0.05, 0) is 13.0 Å². The number of rotatable bonds is 2. The quantitative estimate of drug-likeness (QED) is 0.599. The summed E-state index contributed by atoms with van der Waals surface area (Å²) in [5, 5.41) is 0. The van der Waals surface area contributed by atoms with Crippen LogP contribution in [-0.4, -0.2) is 36.7 Å². The zero-order chi connectivity index (χ0) is 9.19. The molecule has 0 aromatic carbocycles. The van der Waals surface area contributed by atoms with Gasteiger partial charge in [-0.2, -0.15) is 0 Å². The fraction of sp³-hybridized carbons (Fsp3) is 0.556. The van der Waals surface area contributed by atoms with E-state index in [0.717, 1.165) is 0 Å². The van der Waals surface area contributed by atoms with Crippen LogP contribution < -0.4 is 0 Å². The Hall–Kier alpha value is -1.12. The van der Waals surface area contributed by atoms with Crippen molar-refractivity contribution in [3.05, 3.63) is 12.2 Å². The Morgan fingerprint density at radius 1 is 1.58 bits per heavy atom. The molecule has 1 rings (SSSR count). The number of nitrogens with zero attached hydrogens (tertiary/aromatic N) is 2. The summed E-state index contributed by atoms with van der Waals surface area (Å²) in [6.45, 7) is 1.95. The molecule has 1 unspecified atom stereocenters. The maximum absolute atomic E-state index is 11.3.